The number of hydrogen-bond donors (Lipinski definition) is 0. The van der Waals surface area contributed by atoms with Crippen molar-refractivity contribution in [3.63, 3.8) is 0 Å². The maximum Gasteiger partial charge on any atom is 0.260 e. The lowest BCUT2D eigenvalue weighted by Crippen LogP contribution is -2.51. The predicted octanol–water partition coefficient (Wildman–Crippen LogP) is 0.713. The minimum atomic E-state index is -3.95. The minimum absolute atomic E-state index is 0.0805. The van der Waals surface area contributed by atoms with E-state index in [0.29, 0.717) is 11.4 Å². The zero-order valence-electron chi connectivity index (χ0n) is 16.3. The van der Waals surface area contributed by atoms with Crippen LogP contribution in [0.1, 0.15) is 0 Å². The van der Waals surface area contributed by atoms with Gasteiger partial charge in [0.15, 0.2) is 6.61 Å². The van der Waals surface area contributed by atoms with Gasteiger partial charge in [0, 0.05) is 32.2 Å². The second-order valence-corrected chi connectivity index (χ2v) is 8.66. The van der Waals surface area contributed by atoms with E-state index >= 15 is 0 Å². The van der Waals surface area contributed by atoms with Crippen molar-refractivity contribution in [1.82, 2.24) is 29.4 Å². The number of sulfonamides is 1. The number of piperazine rings is 1. The maximum atomic E-state index is 13.9. The van der Waals surface area contributed by atoms with Crippen LogP contribution in [0.2, 0.25) is 0 Å². The van der Waals surface area contributed by atoms with E-state index in [4.69, 9.17) is 4.74 Å². The van der Waals surface area contributed by atoms with Gasteiger partial charge in [-0.1, -0.05) is 18.2 Å². The molecule has 0 bridgehead atoms. The SMILES string of the molecule is O=C(COc1cccc(-n2cnnn2)c1)N1CCN(S(=O)(=O)c2ccccc2F)CC1. The number of rotatable bonds is 6. The largest absolute Gasteiger partial charge is 0.484 e. The van der Waals surface area contributed by atoms with Gasteiger partial charge in [0.1, 0.15) is 22.8 Å². The smallest absolute Gasteiger partial charge is 0.260 e. The van der Waals surface area contributed by atoms with Crippen molar-refractivity contribution < 1.29 is 22.3 Å². The summed E-state index contributed by atoms with van der Waals surface area (Å²) in [5, 5.41) is 10.9. The van der Waals surface area contributed by atoms with Crippen molar-refractivity contribution in [2.75, 3.05) is 32.8 Å². The van der Waals surface area contributed by atoms with Gasteiger partial charge < -0.3 is 9.64 Å². The van der Waals surface area contributed by atoms with Crippen LogP contribution >= 0.6 is 0 Å². The lowest BCUT2D eigenvalue weighted by molar-refractivity contribution is -0.134. The molecule has 162 valence electrons. The van der Waals surface area contributed by atoms with Crippen molar-refractivity contribution in [3.05, 3.63) is 60.7 Å². The molecule has 3 aromatic rings. The second-order valence-electron chi connectivity index (χ2n) is 6.76. The third-order valence-corrected chi connectivity index (χ3v) is 6.77. The number of aromatic nitrogens is 4. The molecule has 4 rings (SSSR count). The molecule has 0 unspecified atom stereocenters. The van der Waals surface area contributed by atoms with Crippen LogP contribution in [0.4, 0.5) is 4.39 Å². The molecule has 10 nitrogen and oxygen atoms in total. The fourth-order valence-corrected chi connectivity index (χ4v) is 4.69. The van der Waals surface area contributed by atoms with Gasteiger partial charge in [-0.25, -0.2) is 17.5 Å². The lowest BCUT2D eigenvalue weighted by atomic mass is 10.3. The molecule has 1 aromatic heterocycles. The summed E-state index contributed by atoms with van der Waals surface area (Å²) in [4.78, 5) is 13.7. The van der Waals surface area contributed by atoms with Crippen LogP contribution in [0, 0.1) is 5.82 Å². The van der Waals surface area contributed by atoms with E-state index in [1.54, 1.807) is 24.3 Å². The van der Waals surface area contributed by atoms with Gasteiger partial charge in [0.25, 0.3) is 5.91 Å². The average Bonchev–Trinajstić information content (AvgIpc) is 3.33. The Kier molecular flexibility index (Phi) is 5.91. The molecule has 1 aliphatic rings. The Bertz CT molecular complexity index is 1160. The molecule has 1 saturated heterocycles. The predicted molar refractivity (Wildman–Crippen MR) is 106 cm³/mol. The third kappa shape index (κ3) is 4.54. The molecule has 0 aliphatic carbocycles. The molecule has 2 aromatic carbocycles. The van der Waals surface area contributed by atoms with E-state index in [-0.39, 0.29) is 43.6 Å². The van der Waals surface area contributed by atoms with Crippen molar-refractivity contribution in [3.8, 4) is 11.4 Å². The molecule has 1 amide bonds. The van der Waals surface area contributed by atoms with Crippen molar-refractivity contribution in [1.29, 1.82) is 0 Å². The first-order valence-corrected chi connectivity index (χ1v) is 10.9. The Balaban J connectivity index is 1.33. The summed E-state index contributed by atoms with van der Waals surface area (Å²) in [7, 11) is -3.95. The number of halogens is 1. The summed E-state index contributed by atoms with van der Waals surface area (Å²) in [6.07, 6.45) is 1.44. The number of carbonyl (C=O) groups excluding carboxylic acids is 1. The van der Waals surface area contributed by atoms with Gasteiger partial charge in [-0.15, -0.1) is 5.10 Å². The van der Waals surface area contributed by atoms with Crippen LogP contribution in [0.15, 0.2) is 59.8 Å². The number of carbonyl (C=O) groups is 1. The lowest BCUT2D eigenvalue weighted by Gasteiger charge is -2.34. The molecule has 2 heterocycles. The zero-order chi connectivity index (χ0) is 21.8. The van der Waals surface area contributed by atoms with E-state index in [1.165, 1.54) is 38.4 Å². The highest BCUT2D eigenvalue weighted by molar-refractivity contribution is 7.89. The Morgan fingerprint density at radius 3 is 2.55 bits per heavy atom. The summed E-state index contributed by atoms with van der Waals surface area (Å²) < 4.78 is 47.5. The summed E-state index contributed by atoms with van der Waals surface area (Å²) in [5.41, 5.74) is 0.682. The molecule has 31 heavy (non-hydrogen) atoms. The molecule has 0 radical (unpaired) electrons. The average molecular weight is 446 g/mol. The van der Waals surface area contributed by atoms with Crippen LogP contribution in [-0.2, 0) is 14.8 Å². The Hall–Kier alpha value is -3.38. The Morgan fingerprint density at radius 1 is 1.06 bits per heavy atom. The number of nitrogens with zero attached hydrogens (tertiary/aromatic N) is 6. The molecule has 12 heteroatoms. The first-order valence-electron chi connectivity index (χ1n) is 9.44. The summed E-state index contributed by atoms with van der Waals surface area (Å²) >= 11 is 0. The Labute approximate surface area is 177 Å². The second kappa shape index (κ2) is 8.78. The van der Waals surface area contributed by atoms with Gasteiger partial charge in [-0.2, -0.15) is 4.31 Å². The van der Waals surface area contributed by atoms with E-state index in [1.807, 2.05) is 0 Å². The summed E-state index contributed by atoms with van der Waals surface area (Å²) in [6.45, 7) is 0.356. The summed E-state index contributed by atoms with van der Waals surface area (Å²) in [5.74, 6) is -0.587. The van der Waals surface area contributed by atoms with E-state index in [9.17, 15) is 17.6 Å². The molecule has 0 N–H and O–H groups in total. The molecule has 0 spiro atoms. The maximum absolute atomic E-state index is 13.9. The fourth-order valence-electron chi connectivity index (χ4n) is 3.20. The number of hydrogen-bond acceptors (Lipinski definition) is 7. The number of tetrazole rings is 1. The van der Waals surface area contributed by atoms with Gasteiger partial charge in [-0.3, -0.25) is 4.79 Å². The van der Waals surface area contributed by atoms with Gasteiger partial charge in [-0.05, 0) is 34.7 Å². The van der Waals surface area contributed by atoms with Crippen LogP contribution in [0.3, 0.4) is 0 Å². The van der Waals surface area contributed by atoms with Crippen LogP contribution in [0.5, 0.6) is 5.75 Å². The number of ether oxygens (including phenoxy) is 1. The highest BCUT2D eigenvalue weighted by Gasteiger charge is 2.31. The topological polar surface area (TPSA) is 111 Å². The Morgan fingerprint density at radius 2 is 1.84 bits per heavy atom. The van der Waals surface area contributed by atoms with Crippen LogP contribution < -0.4 is 4.74 Å². The molecule has 1 fully saturated rings. The number of amides is 1. The van der Waals surface area contributed by atoms with Crippen molar-refractivity contribution in [2.45, 2.75) is 4.90 Å². The highest BCUT2D eigenvalue weighted by atomic mass is 32.2. The first-order chi connectivity index (χ1) is 14.9. The van der Waals surface area contributed by atoms with E-state index < -0.39 is 15.8 Å². The van der Waals surface area contributed by atoms with Gasteiger partial charge in [0.2, 0.25) is 10.0 Å². The fraction of sp³-hybridized carbons (Fsp3) is 0.263. The quantitative estimate of drug-likeness (QED) is 0.548. The third-order valence-electron chi connectivity index (χ3n) is 4.84. The van der Waals surface area contributed by atoms with Crippen molar-refractivity contribution >= 4 is 15.9 Å². The molecule has 1 aliphatic heterocycles. The van der Waals surface area contributed by atoms with Gasteiger partial charge >= 0.3 is 0 Å². The van der Waals surface area contributed by atoms with Gasteiger partial charge in [0.05, 0.1) is 5.69 Å². The standard InChI is InChI=1S/C19H19FN6O4S/c20-17-6-1-2-7-18(17)31(28,29)25-10-8-24(9-11-25)19(27)13-30-16-5-3-4-15(12-16)26-14-21-22-23-26/h1-7,12,14H,8-11,13H2. The minimum Gasteiger partial charge on any atom is -0.484 e. The summed E-state index contributed by atoms with van der Waals surface area (Å²) in [6, 6.07) is 12.2. The van der Waals surface area contributed by atoms with Crippen molar-refractivity contribution in [2.24, 2.45) is 0 Å². The van der Waals surface area contributed by atoms with Crippen LogP contribution in [-0.4, -0.2) is 76.5 Å². The van der Waals surface area contributed by atoms with E-state index in [2.05, 4.69) is 15.5 Å². The first kappa shape index (κ1) is 20.9. The normalized spacial score (nSPS) is 15.1. The molecule has 0 atom stereocenters. The number of benzene rings is 2. The molecular formula is C19H19FN6O4S. The highest BCUT2D eigenvalue weighted by Crippen LogP contribution is 2.21. The van der Waals surface area contributed by atoms with Crippen LogP contribution in [0.25, 0.3) is 5.69 Å². The zero-order valence-corrected chi connectivity index (χ0v) is 17.2. The monoisotopic (exact) mass is 446 g/mol. The molecule has 0 saturated carbocycles. The van der Waals surface area contributed by atoms with E-state index in [0.717, 1.165) is 6.07 Å². The molecular weight excluding hydrogens is 427 g/mol.